The molecule has 1 aromatic carbocycles. The van der Waals surface area contributed by atoms with Crippen molar-refractivity contribution >= 4 is 35.3 Å². The van der Waals surface area contributed by atoms with Crippen LogP contribution in [0.3, 0.4) is 0 Å². The molecule has 0 N–H and O–H groups in total. The third-order valence-electron chi connectivity index (χ3n) is 5.69. The van der Waals surface area contributed by atoms with Gasteiger partial charge in [0.05, 0.1) is 7.11 Å². The normalized spacial score (nSPS) is 16.2. The summed E-state index contributed by atoms with van der Waals surface area (Å²) in [6.45, 7) is 2.84. The predicted molar refractivity (Wildman–Crippen MR) is 120 cm³/mol. The summed E-state index contributed by atoms with van der Waals surface area (Å²) in [4.78, 5) is 15.2. The van der Waals surface area contributed by atoms with E-state index < -0.39 is 0 Å². The van der Waals surface area contributed by atoms with Gasteiger partial charge in [-0.15, -0.1) is 23.7 Å². The van der Waals surface area contributed by atoms with Gasteiger partial charge in [-0.1, -0.05) is 11.6 Å². The van der Waals surface area contributed by atoms with Crippen LogP contribution in [-0.2, 0) is 22.6 Å². The zero-order valence-corrected chi connectivity index (χ0v) is 18.7. The van der Waals surface area contributed by atoms with Gasteiger partial charge in [-0.2, -0.15) is 0 Å². The van der Waals surface area contributed by atoms with Crippen LogP contribution in [0.25, 0.3) is 5.57 Å². The highest BCUT2D eigenvalue weighted by Gasteiger charge is 2.25. The molecule has 1 saturated heterocycles. The Morgan fingerprint density at radius 2 is 2.03 bits per heavy atom. The van der Waals surface area contributed by atoms with Gasteiger partial charge in [0.2, 0.25) is 0 Å². The summed E-state index contributed by atoms with van der Waals surface area (Å²) >= 11 is 1.82. The Morgan fingerprint density at radius 3 is 2.79 bits per heavy atom. The Balaban J connectivity index is 0.00000240. The van der Waals surface area contributed by atoms with Gasteiger partial charge in [-0.3, -0.25) is 4.79 Å². The second-order valence-electron chi connectivity index (χ2n) is 7.61. The molecule has 0 aliphatic carbocycles. The Morgan fingerprint density at radius 1 is 1.24 bits per heavy atom. The number of esters is 1. The lowest BCUT2D eigenvalue weighted by atomic mass is 9.89. The van der Waals surface area contributed by atoms with Gasteiger partial charge in [-0.05, 0) is 61.9 Å². The van der Waals surface area contributed by atoms with E-state index in [0.29, 0.717) is 13.0 Å². The summed E-state index contributed by atoms with van der Waals surface area (Å²) < 4.78 is 10.9. The van der Waals surface area contributed by atoms with Crippen LogP contribution in [0, 0.1) is 0 Å². The van der Waals surface area contributed by atoms with E-state index in [1.165, 1.54) is 34.3 Å². The zero-order valence-electron chi connectivity index (χ0n) is 17.0. The van der Waals surface area contributed by atoms with E-state index in [0.717, 1.165) is 44.5 Å². The number of carbonyl (C=O) groups excluding carboxylic acids is 1. The quantitative estimate of drug-likeness (QED) is 0.630. The second-order valence-corrected chi connectivity index (χ2v) is 8.52. The molecule has 29 heavy (non-hydrogen) atoms. The molecule has 4 nitrogen and oxygen atoms in total. The first-order chi connectivity index (χ1) is 13.7. The van der Waals surface area contributed by atoms with Gasteiger partial charge < -0.3 is 14.4 Å². The fraction of sp³-hybridized carbons (Fsp3) is 0.435. The Labute approximate surface area is 182 Å². The molecule has 0 saturated carbocycles. The number of ether oxygens (including phenoxy) is 2. The highest BCUT2D eigenvalue weighted by molar-refractivity contribution is 7.11. The minimum atomic E-state index is -0.143. The molecule has 2 aliphatic rings. The van der Waals surface area contributed by atoms with Crippen molar-refractivity contribution in [3.05, 3.63) is 56.8 Å². The van der Waals surface area contributed by atoms with Crippen LogP contribution < -0.4 is 4.74 Å². The smallest absolute Gasteiger partial charge is 0.305 e. The average molecular weight is 434 g/mol. The van der Waals surface area contributed by atoms with Gasteiger partial charge in [0.25, 0.3) is 0 Å². The standard InChI is InChI=1S/C23H27NO3S.ClH/c1-24-11-8-17(9-12-24)22-19-14-16(4-3-5-21(25)26-2)6-7-20(19)27-15-18-10-13-28-23(18)22;/h6-7,10,13-14H,3-5,8-9,11-12,15H2,1-2H3;1H. The lowest BCUT2D eigenvalue weighted by Crippen LogP contribution is -2.26. The maximum atomic E-state index is 11.4. The van der Waals surface area contributed by atoms with Gasteiger partial charge >= 0.3 is 5.97 Å². The maximum absolute atomic E-state index is 11.4. The largest absolute Gasteiger partial charge is 0.488 e. The molecule has 1 fully saturated rings. The number of hydrogen-bond donors (Lipinski definition) is 0. The molecule has 0 amide bonds. The highest BCUT2D eigenvalue weighted by atomic mass is 35.5. The highest BCUT2D eigenvalue weighted by Crippen LogP contribution is 2.43. The van der Waals surface area contributed by atoms with Crippen molar-refractivity contribution in [3.63, 3.8) is 0 Å². The number of likely N-dealkylation sites (tertiary alicyclic amines) is 1. The third kappa shape index (κ3) is 4.85. The van der Waals surface area contributed by atoms with Crippen molar-refractivity contribution in [2.75, 3.05) is 27.2 Å². The van der Waals surface area contributed by atoms with Crippen molar-refractivity contribution in [3.8, 4) is 5.75 Å². The van der Waals surface area contributed by atoms with E-state index in [1.54, 1.807) is 5.57 Å². The topological polar surface area (TPSA) is 38.8 Å². The first-order valence-corrected chi connectivity index (χ1v) is 10.8. The number of nitrogens with zero attached hydrogens (tertiary/aromatic N) is 1. The van der Waals surface area contributed by atoms with Crippen molar-refractivity contribution in [2.45, 2.75) is 38.7 Å². The van der Waals surface area contributed by atoms with Crippen LogP contribution in [-0.4, -0.2) is 38.1 Å². The zero-order chi connectivity index (χ0) is 19.5. The molecule has 2 aromatic rings. The summed E-state index contributed by atoms with van der Waals surface area (Å²) in [5.41, 5.74) is 6.68. The first kappa shape index (κ1) is 21.9. The number of halogens is 1. The van der Waals surface area contributed by atoms with E-state index >= 15 is 0 Å². The van der Waals surface area contributed by atoms with Crippen LogP contribution in [0.1, 0.15) is 47.3 Å². The van der Waals surface area contributed by atoms with Gasteiger partial charge in [-0.25, -0.2) is 0 Å². The molecule has 0 atom stereocenters. The molecule has 156 valence electrons. The Hall–Kier alpha value is -1.82. The van der Waals surface area contributed by atoms with Crippen molar-refractivity contribution < 1.29 is 14.3 Å². The molecule has 0 bridgehead atoms. The van der Waals surface area contributed by atoms with Crippen molar-refractivity contribution in [2.24, 2.45) is 0 Å². The van der Waals surface area contributed by atoms with E-state index in [4.69, 9.17) is 9.47 Å². The first-order valence-electron chi connectivity index (χ1n) is 9.96. The minimum Gasteiger partial charge on any atom is -0.488 e. The number of aryl methyl sites for hydroxylation is 1. The van der Waals surface area contributed by atoms with Crippen molar-refractivity contribution in [1.29, 1.82) is 0 Å². The molecular weight excluding hydrogens is 406 g/mol. The number of benzene rings is 1. The minimum absolute atomic E-state index is 0. The fourth-order valence-electron chi connectivity index (χ4n) is 4.03. The van der Waals surface area contributed by atoms with Crippen molar-refractivity contribution in [1.82, 2.24) is 4.90 Å². The van der Waals surface area contributed by atoms with Crippen LogP contribution in [0.2, 0.25) is 0 Å². The summed E-state index contributed by atoms with van der Waals surface area (Å²) in [5, 5.41) is 2.18. The number of methoxy groups -OCH3 is 1. The molecule has 4 rings (SSSR count). The van der Waals surface area contributed by atoms with E-state index in [2.05, 4.69) is 41.6 Å². The van der Waals surface area contributed by atoms with Crippen LogP contribution in [0.4, 0.5) is 0 Å². The van der Waals surface area contributed by atoms with Gasteiger partial charge in [0, 0.05) is 41.1 Å². The van der Waals surface area contributed by atoms with E-state index in [-0.39, 0.29) is 18.4 Å². The predicted octanol–water partition coefficient (Wildman–Crippen LogP) is 5.09. The summed E-state index contributed by atoms with van der Waals surface area (Å²) in [5.74, 6) is 0.831. The average Bonchev–Trinajstić information content (AvgIpc) is 3.11. The van der Waals surface area contributed by atoms with Gasteiger partial charge in [0.15, 0.2) is 0 Å². The molecule has 3 heterocycles. The van der Waals surface area contributed by atoms with E-state index in [1.807, 2.05) is 11.3 Å². The molecular formula is C23H28ClNO3S. The number of thiophene rings is 1. The third-order valence-corrected chi connectivity index (χ3v) is 6.66. The number of carbonyl (C=O) groups is 1. The van der Waals surface area contributed by atoms with Gasteiger partial charge in [0.1, 0.15) is 12.4 Å². The fourth-order valence-corrected chi connectivity index (χ4v) is 5.05. The monoisotopic (exact) mass is 433 g/mol. The summed E-state index contributed by atoms with van der Waals surface area (Å²) in [7, 11) is 3.64. The lowest BCUT2D eigenvalue weighted by molar-refractivity contribution is -0.140. The molecule has 0 spiro atoms. The second kappa shape index (κ2) is 9.79. The van der Waals surface area contributed by atoms with Crippen LogP contribution >= 0.6 is 23.7 Å². The Bertz CT molecular complexity index is 895. The molecule has 0 radical (unpaired) electrons. The van der Waals surface area contributed by atoms with E-state index in [9.17, 15) is 4.79 Å². The number of piperidine rings is 1. The summed E-state index contributed by atoms with van der Waals surface area (Å²) in [6.07, 6.45) is 4.34. The lowest BCUT2D eigenvalue weighted by Gasteiger charge is -2.26. The molecule has 1 aromatic heterocycles. The number of fused-ring (bicyclic) bond motifs is 2. The molecule has 6 heteroatoms. The SMILES string of the molecule is COC(=O)CCCc1ccc2c(c1)C(=C1CCN(C)CC1)c1sccc1CO2.Cl. The number of hydrogen-bond acceptors (Lipinski definition) is 5. The summed E-state index contributed by atoms with van der Waals surface area (Å²) in [6, 6.07) is 8.71. The Kier molecular flexibility index (Phi) is 7.38. The number of rotatable bonds is 4. The molecule has 2 aliphatic heterocycles. The van der Waals surface area contributed by atoms with Crippen LogP contribution in [0.15, 0.2) is 35.2 Å². The maximum Gasteiger partial charge on any atom is 0.305 e. The molecule has 0 unspecified atom stereocenters. The van der Waals surface area contributed by atoms with Crippen LogP contribution in [0.5, 0.6) is 5.75 Å².